The van der Waals surface area contributed by atoms with Crippen LogP contribution in [0, 0.1) is 5.92 Å². The average molecular weight is 273 g/mol. The molecule has 4 heteroatoms. The zero-order valence-corrected chi connectivity index (χ0v) is 12.2. The van der Waals surface area contributed by atoms with Crippen molar-refractivity contribution >= 4 is 0 Å². The third kappa shape index (κ3) is 4.47. The van der Waals surface area contributed by atoms with Gasteiger partial charge in [0.15, 0.2) is 0 Å². The summed E-state index contributed by atoms with van der Waals surface area (Å²) in [5, 5.41) is 17.3. The van der Waals surface area contributed by atoms with Crippen LogP contribution in [0.5, 0.6) is 0 Å². The lowest BCUT2D eigenvalue weighted by Crippen LogP contribution is -2.30. The molecule has 108 valence electrons. The molecule has 0 saturated carbocycles. The lowest BCUT2D eigenvalue weighted by atomic mass is 10.1. The molecular formula is C16H23N3O. The molecule has 1 atom stereocenters. The summed E-state index contributed by atoms with van der Waals surface area (Å²) in [6.07, 6.45) is 3.62. The van der Waals surface area contributed by atoms with Gasteiger partial charge in [0.2, 0.25) is 0 Å². The Bertz CT molecular complexity index is 507. The van der Waals surface area contributed by atoms with Crippen LogP contribution < -0.4 is 5.32 Å². The maximum atomic E-state index is 9.72. The minimum absolute atomic E-state index is 0.281. The third-order valence-electron chi connectivity index (χ3n) is 3.33. The monoisotopic (exact) mass is 273 g/mol. The molecule has 1 unspecified atom stereocenters. The van der Waals surface area contributed by atoms with Gasteiger partial charge in [0, 0.05) is 24.8 Å². The zero-order valence-electron chi connectivity index (χ0n) is 12.2. The van der Waals surface area contributed by atoms with Crippen LogP contribution >= 0.6 is 0 Å². The molecule has 0 saturated heterocycles. The summed E-state index contributed by atoms with van der Waals surface area (Å²) in [4.78, 5) is 0. The minimum Gasteiger partial charge on any atom is -0.392 e. The second kappa shape index (κ2) is 7.22. The van der Waals surface area contributed by atoms with E-state index in [0.29, 0.717) is 6.54 Å². The topological polar surface area (TPSA) is 50.1 Å². The van der Waals surface area contributed by atoms with Crippen LogP contribution in [0.1, 0.15) is 25.0 Å². The van der Waals surface area contributed by atoms with E-state index in [2.05, 4.69) is 22.5 Å². The van der Waals surface area contributed by atoms with Crippen molar-refractivity contribution in [1.29, 1.82) is 0 Å². The smallest absolute Gasteiger partial charge is 0.0687 e. The Hall–Kier alpha value is -1.65. The molecule has 0 aliphatic rings. The lowest BCUT2D eigenvalue weighted by Gasteiger charge is -2.14. The van der Waals surface area contributed by atoms with Crippen LogP contribution in [-0.2, 0) is 13.1 Å². The molecule has 4 nitrogen and oxygen atoms in total. The highest BCUT2D eigenvalue weighted by Crippen LogP contribution is 2.04. The summed E-state index contributed by atoms with van der Waals surface area (Å²) < 4.78 is 1.94. The first-order valence-corrected chi connectivity index (χ1v) is 7.09. The van der Waals surface area contributed by atoms with Gasteiger partial charge in [-0.05, 0) is 11.5 Å². The molecule has 1 aromatic heterocycles. The maximum Gasteiger partial charge on any atom is 0.0687 e. The van der Waals surface area contributed by atoms with Crippen LogP contribution in [-0.4, -0.2) is 27.5 Å². The number of aromatic nitrogens is 2. The molecule has 0 aliphatic carbocycles. The predicted molar refractivity (Wildman–Crippen MR) is 80.3 cm³/mol. The first kappa shape index (κ1) is 14.8. The van der Waals surface area contributed by atoms with Gasteiger partial charge >= 0.3 is 0 Å². The normalized spacial score (nSPS) is 12.8. The van der Waals surface area contributed by atoms with Gasteiger partial charge in [-0.25, -0.2) is 0 Å². The van der Waals surface area contributed by atoms with Crippen molar-refractivity contribution in [2.75, 3.05) is 6.54 Å². The van der Waals surface area contributed by atoms with Gasteiger partial charge in [0.1, 0.15) is 0 Å². The van der Waals surface area contributed by atoms with E-state index in [1.807, 2.05) is 49.1 Å². The highest BCUT2D eigenvalue weighted by molar-refractivity contribution is 5.15. The summed E-state index contributed by atoms with van der Waals surface area (Å²) in [6.45, 7) is 6.17. The van der Waals surface area contributed by atoms with Gasteiger partial charge in [-0.3, -0.25) is 4.68 Å². The number of rotatable bonds is 7. The fraction of sp³-hybridized carbons (Fsp3) is 0.438. The summed E-state index contributed by atoms with van der Waals surface area (Å²) in [5.41, 5.74) is 2.38. The van der Waals surface area contributed by atoms with Crippen LogP contribution in [0.3, 0.4) is 0 Å². The first-order valence-electron chi connectivity index (χ1n) is 7.09. The second-order valence-electron chi connectivity index (χ2n) is 5.47. The number of nitrogens with zero attached hydrogens (tertiary/aromatic N) is 2. The van der Waals surface area contributed by atoms with Gasteiger partial charge in [-0.2, -0.15) is 5.10 Å². The standard InChI is InChI=1S/C16H23N3O/c1-13(2)16(20)10-17-8-15-9-18-19(12-15)11-14-6-4-3-5-7-14/h3-7,9,12-13,16-17,20H,8,10-11H2,1-2H3. The van der Waals surface area contributed by atoms with Crippen LogP contribution in [0.2, 0.25) is 0 Å². The zero-order chi connectivity index (χ0) is 14.4. The number of aliphatic hydroxyl groups is 1. The van der Waals surface area contributed by atoms with Crippen LogP contribution in [0.15, 0.2) is 42.7 Å². The van der Waals surface area contributed by atoms with E-state index in [4.69, 9.17) is 0 Å². The molecule has 0 bridgehead atoms. The van der Waals surface area contributed by atoms with E-state index in [0.717, 1.165) is 18.7 Å². The van der Waals surface area contributed by atoms with Gasteiger partial charge in [0.25, 0.3) is 0 Å². The molecule has 0 fully saturated rings. The molecule has 1 aromatic carbocycles. The molecule has 2 rings (SSSR count). The van der Waals surface area contributed by atoms with Crippen molar-refractivity contribution in [1.82, 2.24) is 15.1 Å². The Morgan fingerprint density at radius 2 is 1.95 bits per heavy atom. The SMILES string of the molecule is CC(C)C(O)CNCc1cnn(Cc2ccccc2)c1. The van der Waals surface area contributed by atoms with Gasteiger partial charge < -0.3 is 10.4 Å². The molecule has 0 amide bonds. The number of benzene rings is 1. The Morgan fingerprint density at radius 3 is 2.65 bits per heavy atom. The van der Waals surface area contributed by atoms with Gasteiger partial charge in [-0.15, -0.1) is 0 Å². The van der Waals surface area contributed by atoms with E-state index in [1.165, 1.54) is 5.56 Å². The van der Waals surface area contributed by atoms with E-state index >= 15 is 0 Å². The quantitative estimate of drug-likeness (QED) is 0.811. The Labute approximate surface area is 120 Å². The highest BCUT2D eigenvalue weighted by atomic mass is 16.3. The molecular weight excluding hydrogens is 250 g/mol. The van der Waals surface area contributed by atoms with Gasteiger partial charge in [0.05, 0.1) is 18.8 Å². The fourth-order valence-corrected chi connectivity index (χ4v) is 1.95. The Balaban J connectivity index is 1.80. The van der Waals surface area contributed by atoms with Crippen molar-refractivity contribution in [2.45, 2.75) is 33.0 Å². The van der Waals surface area contributed by atoms with Crippen molar-refractivity contribution < 1.29 is 5.11 Å². The predicted octanol–water partition coefficient (Wildman–Crippen LogP) is 2.04. The van der Waals surface area contributed by atoms with Crippen molar-refractivity contribution in [2.24, 2.45) is 5.92 Å². The van der Waals surface area contributed by atoms with Crippen molar-refractivity contribution in [3.63, 3.8) is 0 Å². The Kier molecular flexibility index (Phi) is 5.32. The van der Waals surface area contributed by atoms with Crippen molar-refractivity contribution in [3.05, 3.63) is 53.9 Å². The lowest BCUT2D eigenvalue weighted by molar-refractivity contribution is 0.123. The van der Waals surface area contributed by atoms with Gasteiger partial charge in [-0.1, -0.05) is 44.2 Å². The van der Waals surface area contributed by atoms with E-state index in [-0.39, 0.29) is 12.0 Å². The molecule has 0 spiro atoms. The fourth-order valence-electron chi connectivity index (χ4n) is 1.95. The molecule has 0 radical (unpaired) electrons. The van der Waals surface area contributed by atoms with Crippen LogP contribution in [0.25, 0.3) is 0 Å². The van der Waals surface area contributed by atoms with Crippen LogP contribution in [0.4, 0.5) is 0 Å². The minimum atomic E-state index is -0.297. The summed E-state index contributed by atoms with van der Waals surface area (Å²) in [6, 6.07) is 10.3. The second-order valence-corrected chi connectivity index (χ2v) is 5.47. The third-order valence-corrected chi connectivity index (χ3v) is 3.33. The molecule has 1 heterocycles. The Morgan fingerprint density at radius 1 is 1.20 bits per heavy atom. The number of aliphatic hydroxyl groups excluding tert-OH is 1. The summed E-state index contributed by atoms with van der Waals surface area (Å²) in [7, 11) is 0. The number of hydrogen-bond donors (Lipinski definition) is 2. The van der Waals surface area contributed by atoms with E-state index in [9.17, 15) is 5.11 Å². The maximum absolute atomic E-state index is 9.72. The average Bonchev–Trinajstić information content (AvgIpc) is 2.87. The summed E-state index contributed by atoms with van der Waals surface area (Å²) >= 11 is 0. The van der Waals surface area contributed by atoms with E-state index in [1.54, 1.807) is 0 Å². The highest BCUT2D eigenvalue weighted by Gasteiger charge is 2.08. The van der Waals surface area contributed by atoms with Crippen molar-refractivity contribution in [3.8, 4) is 0 Å². The number of hydrogen-bond acceptors (Lipinski definition) is 3. The summed E-state index contributed by atoms with van der Waals surface area (Å²) in [5.74, 6) is 0.281. The largest absolute Gasteiger partial charge is 0.392 e. The van der Waals surface area contributed by atoms with E-state index < -0.39 is 0 Å². The molecule has 2 N–H and O–H groups in total. The molecule has 2 aromatic rings. The number of nitrogens with one attached hydrogen (secondary N) is 1. The first-order chi connectivity index (χ1) is 9.65. The molecule has 0 aliphatic heterocycles. The molecule has 20 heavy (non-hydrogen) atoms.